The van der Waals surface area contributed by atoms with Crippen LogP contribution in [0.2, 0.25) is 0 Å². The van der Waals surface area contributed by atoms with E-state index in [1.807, 2.05) is 30.3 Å². The Morgan fingerprint density at radius 2 is 1.97 bits per heavy atom. The van der Waals surface area contributed by atoms with E-state index in [1.165, 1.54) is 10.9 Å². The van der Waals surface area contributed by atoms with Gasteiger partial charge in [0.05, 0.1) is 16.6 Å². The van der Waals surface area contributed by atoms with Crippen LogP contribution in [-0.2, 0) is 11.8 Å². The molecule has 0 radical (unpaired) electrons. The molecule has 1 aliphatic rings. The standard InChI is InChI=1S/C19H20N6O3S/c1-10-14-18(20-9-25(2)19(14)28)29-15(10)17(27)24-23-16(26)13-8-12(21-22-13)11-6-4-3-5-7-11/h3-7,9,12-13,21-22H,8H2,1-2H3,(H,23,26)(H,24,27). The zero-order chi connectivity index (χ0) is 20.5. The minimum Gasteiger partial charge on any atom is -0.302 e. The summed E-state index contributed by atoms with van der Waals surface area (Å²) in [6.07, 6.45) is 1.97. The lowest BCUT2D eigenvalue weighted by Crippen LogP contribution is -2.50. The van der Waals surface area contributed by atoms with Crippen LogP contribution in [0.4, 0.5) is 0 Å². The number of hydrogen-bond acceptors (Lipinski definition) is 7. The number of thiophene rings is 1. The van der Waals surface area contributed by atoms with Crippen molar-refractivity contribution in [2.24, 2.45) is 7.05 Å². The van der Waals surface area contributed by atoms with E-state index >= 15 is 0 Å². The van der Waals surface area contributed by atoms with E-state index in [0.29, 0.717) is 27.1 Å². The highest BCUT2D eigenvalue weighted by molar-refractivity contribution is 7.20. The van der Waals surface area contributed by atoms with Crippen LogP contribution in [0.1, 0.15) is 33.3 Å². The summed E-state index contributed by atoms with van der Waals surface area (Å²) in [4.78, 5) is 42.3. The fraction of sp³-hybridized carbons (Fsp3) is 0.263. The van der Waals surface area contributed by atoms with Gasteiger partial charge in [0, 0.05) is 13.1 Å². The van der Waals surface area contributed by atoms with Crippen LogP contribution in [0.5, 0.6) is 0 Å². The Labute approximate surface area is 170 Å². The van der Waals surface area contributed by atoms with E-state index in [1.54, 1.807) is 14.0 Å². The average Bonchev–Trinajstić information content (AvgIpc) is 3.35. The monoisotopic (exact) mass is 412 g/mol. The van der Waals surface area contributed by atoms with Gasteiger partial charge in [-0.3, -0.25) is 25.2 Å². The van der Waals surface area contributed by atoms with E-state index in [0.717, 1.165) is 16.9 Å². The number of nitrogens with zero attached hydrogens (tertiary/aromatic N) is 2. The molecule has 1 fully saturated rings. The van der Waals surface area contributed by atoms with Gasteiger partial charge in [-0.25, -0.2) is 15.8 Å². The van der Waals surface area contributed by atoms with Crippen LogP contribution in [0, 0.1) is 6.92 Å². The van der Waals surface area contributed by atoms with Crippen molar-refractivity contribution in [3.05, 3.63) is 63.0 Å². The molecule has 2 atom stereocenters. The van der Waals surface area contributed by atoms with Crippen LogP contribution < -0.4 is 27.3 Å². The number of aromatic nitrogens is 2. The number of nitrogens with one attached hydrogen (secondary N) is 4. The lowest BCUT2D eigenvalue weighted by molar-refractivity contribution is -0.123. The fourth-order valence-electron chi connectivity index (χ4n) is 3.32. The van der Waals surface area contributed by atoms with E-state index < -0.39 is 11.9 Å². The average molecular weight is 412 g/mol. The fourth-order valence-corrected chi connectivity index (χ4v) is 4.35. The minimum atomic E-state index is -0.488. The Balaban J connectivity index is 1.41. The molecule has 10 heteroatoms. The molecule has 0 saturated carbocycles. The van der Waals surface area contributed by atoms with E-state index in [4.69, 9.17) is 0 Å². The van der Waals surface area contributed by atoms with Crippen molar-refractivity contribution in [1.82, 2.24) is 31.3 Å². The first-order chi connectivity index (χ1) is 14.0. The van der Waals surface area contributed by atoms with Crippen molar-refractivity contribution in [3.63, 3.8) is 0 Å². The Morgan fingerprint density at radius 1 is 1.21 bits per heavy atom. The van der Waals surface area contributed by atoms with Crippen LogP contribution in [0.15, 0.2) is 41.5 Å². The lowest BCUT2D eigenvalue weighted by Gasteiger charge is -2.11. The molecule has 0 bridgehead atoms. The molecular formula is C19H20N6O3S. The van der Waals surface area contributed by atoms with Crippen molar-refractivity contribution >= 4 is 33.4 Å². The molecule has 2 aromatic heterocycles. The van der Waals surface area contributed by atoms with Crippen molar-refractivity contribution in [2.45, 2.75) is 25.4 Å². The molecule has 1 aliphatic heterocycles. The second-order valence-electron chi connectivity index (χ2n) is 6.88. The summed E-state index contributed by atoms with van der Waals surface area (Å²) in [6, 6.07) is 9.33. The summed E-state index contributed by atoms with van der Waals surface area (Å²) in [5.41, 5.74) is 12.4. The molecule has 0 spiro atoms. The van der Waals surface area contributed by atoms with Crippen LogP contribution in [-0.4, -0.2) is 27.4 Å². The van der Waals surface area contributed by atoms with Gasteiger partial charge in [0.2, 0.25) is 0 Å². The SMILES string of the molecule is Cc1c(C(=O)NNC(=O)C2CC(c3ccccc3)NN2)sc2ncn(C)c(=O)c12. The summed E-state index contributed by atoms with van der Waals surface area (Å²) >= 11 is 1.12. The zero-order valence-corrected chi connectivity index (χ0v) is 16.7. The summed E-state index contributed by atoms with van der Waals surface area (Å²) in [6.45, 7) is 1.70. The van der Waals surface area contributed by atoms with Gasteiger partial charge in [0.15, 0.2) is 0 Å². The quantitative estimate of drug-likeness (QED) is 0.470. The number of hydrogen-bond donors (Lipinski definition) is 4. The summed E-state index contributed by atoms with van der Waals surface area (Å²) in [7, 11) is 1.61. The predicted octanol–water partition coefficient (Wildman–Crippen LogP) is 0.672. The molecule has 1 saturated heterocycles. The van der Waals surface area contributed by atoms with Gasteiger partial charge in [-0.05, 0) is 24.5 Å². The van der Waals surface area contributed by atoms with Crippen LogP contribution in [0.3, 0.4) is 0 Å². The third-order valence-electron chi connectivity index (χ3n) is 4.94. The second kappa shape index (κ2) is 7.74. The van der Waals surface area contributed by atoms with E-state index in [-0.39, 0.29) is 17.5 Å². The predicted molar refractivity (Wildman–Crippen MR) is 109 cm³/mol. The number of carbonyl (C=O) groups is 2. The first kappa shape index (κ1) is 19.2. The highest BCUT2D eigenvalue weighted by Crippen LogP contribution is 2.26. The Kier molecular flexibility index (Phi) is 5.14. The van der Waals surface area contributed by atoms with Crippen molar-refractivity contribution in [1.29, 1.82) is 0 Å². The lowest BCUT2D eigenvalue weighted by atomic mass is 10.0. The molecule has 1 aromatic carbocycles. The second-order valence-corrected chi connectivity index (χ2v) is 7.88. The number of rotatable bonds is 3. The molecule has 3 aromatic rings. The first-order valence-electron chi connectivity index (χ1n) is 9.06. The third kappa shape index (κ3) is 3.65. The van der Waals surface area contributed by atoms with E-state index in [2.05, 4.69) is 26.7 Å². The maximum Gasteiger partial charge on any atom is 0.280 e. The van der Waals surface area contributed by atoms with Crippen molar-refractivity contribution in [2.75, 3.05) is 0 Å². The number of fused-ring (bicyclic) bond motifs is 1. The normalized spacial score (nSPS) is 18.7. The van der Waals surface area contributed by atoms with Crippen LogP contribution >= 0.6 is 11.3 Å². The van der Waals surface area contributed by atoms with E-state index in [9.17, 15) is 14.4 Å². The Hall–Kier alpha value is -3.08. The molecule has 4 rings (SSSR count). The van der Waals surface area contributed by atoms with Crippen LogP contribution in [0.25, 0.3) is 10.2 Å². The summed E-state index contributed by atoms with van der Waals surface area (Å²) in [5.74, 6) is -0.830. The molecule has 2 unspecified atom stereocenters. The van der Waals surface area contributed by atoms with Gasteiger partial charge >= 0.3 is 0 Å². The first-order valence-corrected chi connectivity index (χ1v) is 9.88. The zero-order valence-electron chi connectivity index (χ0n) is 15.9. The van der Waals surface area contributed by atoms with Gasteiger partial charge in [-0.2, -0.15) is 0 Å². The van der Waals surface area contributed by atoms with Gasteiger partial charge in [-0.1, -0.05) is 30.3 Å². The molecule has 4 N–H and O–H groups in total. The highest BCUT2D eigenvalue weighted by Gasteiger charge is 2.30. The minimum absolute atomic E-state index is 0.00906. The summed E-state index contributed by atoms with van der Waals surface area (Å²) in [5, 5.41) is 0.420. The molecule has 29 heavy (non-hydrogen) atoms. The molecule has 2 amide bonds. The molecule has 9 nitrogen and oxygen atoms in total. The van der Waals surface area contributed by atoms with Gasteiger partial charge in [0.1, 0.15) is 10.9 Å². The highest BCUT2D eigenvalue weighted by atomic mass is 32.1. The van der Waals surface area contributed by atoms with Gasteiger partial charge in [0.25, 0.3) is 17.4 Å². The number of amides is 2. The topological polar surface area (TPSA) is 117 Å². The van der Waals surface area contributed by atoms with Crippen molar-refractivity contribution < 1.29 is 9.59 Å². The number of aryl methyl sites for hydroxylation is 2. The number of carbonyl (C=O) groups excluding carboxylic acids is 2. The smallest absolute Gasteiger partial charge is 0.280 e. The maximum atomic E-state index is 12.5. The number of hydrazine groups is 2. The summed E-state index contributed by atoms with van der Waals surface area (Å²) < 4.78 is 1.37. The Morgan fingerprint density at radius 3 is 2.72 bits per heavy atom. The van der Waals surface area contributed by atoms with Gasteiger partial charge in [-0.15, -0.1) is 11.3 Å². The van der Waals surface area contributed by atoms with Crippen molar-refractivity contribution in [3.8, 4) is 0 Å². The molecular weight excluding hydrogens is 392 g/mol. The molecule has 3 heterocycles. The largest absolute Gasteiger partial charge is 0.302 e. The third-order valence-corrected chi connectivity index (χ3v) is 6.14. The maximum absolute atomic E-state index is 12.5. The number of benzene rings is 1. The van der Waals surface area contributed by atoms with Gasteiger partial charge < -0.3 is 4.57 Å². The molecule has 150 valence electrons. The Bertz CT molecular complexity index is 1140. The molecule has 0 aliphatic carbocycles.